The number of carboxylic acid groups (broad SMARTS) is 1. The summed E-state index contributed by atoms with van der Waals surface area (Å²) in [6.45, 7) is 7.15. The number of carbonyl (C=O) groups excluding carboxylic acids is 1. The third kappa shape index (κ3) is 6.57. The van der Waals surface area contributed by atoms with Crippen LogP contribution >= 0.6 is 0 Å². The summed E-state index contributed by atoms with van der Waals surface area (Å²) in [6.07, 6.45) is 2.81. The third-order valence-corrected chi connectivity index (χ3v) is 3.45. The maximum absolute atomic E-state index is 11.9. The highest BCUT2D eigenvalue weighted by Gasteiger charge is 2.29. The number of amides is 1. The second kappa shape index (κ2) is 8.15. The molecule has 19 heavy (non-hydrogen) atoms. The summed E-state index contributed by atoms with van der Waals surface area (Å²) in [6, 6.07) is -0.447. The van der Waals surface area contributed by atoms with E-state index in [1.807, 2.05) is 13.8 Å². The van der Waals surface area contributed by atoms with E-state index in [-0.39, 0.29) is 12.3 Å². The Kier molecular flexibility index (Phi) is 7.68. The zero-order valence-electron chi connectivity index (χ0n) is 12.4. The van der Waals surface area contributed by atoms with Crippen LogP contribution in [0.4, 0.5) is 0 Å². The first-order valence-corrected chi connectivity index (χ1v) is 7.00. The molecule has 5 heteroatoms. The van der Waals surface area contributed by atoms with Gasteiger partial charge in [0.2, 0.25) is 5.91 Å². The van der Waals surface area contributed by atoms with Crippen LogP contribution in [0.25, 0.3) is 0 Å². The molecule has 2 unspecified atom stereocenters. The minimum absolute atomic E-state index is 0.0331. The summed E-state index contributed by atoms with van der Waals surface area (Å²) in [5.41, 5.74) is -0.972. The largest absolute Gasteiger partial charge is 0.481 e. The van der Waals surface area contributed by atoms with Crippen molar-refractivity contribution >= 4 is 11.9 Å². The molecule has 0 aromatic rings. The van der Waals surface area contributed by atoms with Crippen molar-refractivity contribution in [3.8, 4) is 0 Å². The van der Waals surface area contributed by atoms with E-state index in [1.165, 1.54) is 0 Å². The van der Waals surface area contributed by atoms with Crippen LogP contribution in [0.1, 0.15) is 59.8 Å². The molecule has 0 aromatic carbocycles. The minimum atomic E-state index is -0.972. The van der Waals surface area contributed by atoms with Crippen molar-refractivity contribution in [1.82, 2.24) is 5.32 Å². The van der Waals surface area contributed by atoms with Crippen LogP contribution in [0.15, 0.2) is 0 Å². The number of hydrogen-bond donors (Lipinski definition) is 3. The Morgan fingerprint density at radius 2 is 1.63 bits per heavy atom. The van der Waals surface area contributed by atoms with Gasteiger partial charge in [-0.05, 0) is 26.7 Å². The Morgan fingerprint density at radius 1 is 1.16 bits per heavy atom. The lowest BCUT2D eigenvalue weighted by Gasteiger charge is -2.28. The molecule has 0 fully saturated rings. The normalized spacial score (nSPS) is 14.8. The van der Waals surface area contributed by atoms with E-state index in [0.29, 0.717) is 12.8 Å². The quantitative estimate of drug-likeness (QED) is 0.599. The van der Waals surface area contributed by atoms with Gasteiger partial charge < -0.3 is 15.5 Å². The summed E-state index contributed by atoms with van der Waals surface area (Å²) in [4.78, 5) is 22.7. The number of carboxylic acids is 1. The average molecular weight is 273 g/mol. The molecule has 0 saturated carbocycles. The predicted molar refractivity (Wildman–Crippen MR) is 73.8 cm³/mol. The molecule has 5 nitrogen and oxygen atoms in total. The lowest BCUT2D eigenvalue weighted by Crippen LogP contribution is -2.43. The Hall–Kier alpha value is -1.10. The average Bonchev–Trinajstić information content (AvgIpc) is 2.27. The van der Waals surface area contributed by atoms with Crippen molar-refractivity contribution in [3.05, 3.63) is 0 Å². The molecule has 0 heterocycles. The Balaban J connectivity index is 4.45. The van der Waals surface area contributed by atoms with Crippen molar-refractivity contribution in [3.63, 3.8) is 0 Å². The molecule has 1 amide bonds. The van der Waals surface area contributed by atoms with Crippen LogP contribution in [-0.4, -0.2) is 33.7 Å². The fourth-order valence-electron chi connectivity index (χ4n) is 2.18. The van der Waals surface area contributed by atoms with Crippen molar-refractivity contribution < 1.29 is 19.8 Å². The molecular weight excluding hydrogens is 246 g/mol. The Labute approximate surface area is 115 Å². The Morgan fingerprint density at radius 3 is 2.00 bits per heavy atom. The first-order valence-electron chi connectivity index (χ1n) is 7.00. The summed E-state index contributed by atoms with van der Waals surface area (Å²) in [5, 5.41) is 21.9. The van der Waals surface area contributed by atoms with Crippen LogP contribution in [0.3, 0.4) is 0 Å². The van der Waals surface area contributed by atoms with E-state index in [4.69, 9.17) is 5.11 Å². The summed E-state index contributed by atoms with van der Waals surface area (Å²) < 4.78 is 0. The smallest absolute Gasteiger partial charge is 0.308 e. The highest BCUT2D eigenvalue weighted by atomic mass is 16.4. The van der Waals surface area contributed by atoms with E-state index >= 15 is 0 Å². The van der Waals surface area contributed by atoms with E-state index in [0.717, 1.165) is 12.8 Å². The number of aliphatic carboxylic acids is 1. The molecule has 0 spiro atoms. The molecule has 2 atom stereocenters. The van der Waals surface area contributed by atoms with Crippen molar-refractivity contribution in [2.24, 2.45) is 5.92 Å². The monoisotopic (exact) mass is 273 g/mol. The van der Waals surface area contributed by atoms with Gasteiger partial charge in [-0.25, -0.2) is 0 Å². The highest BCUT2D eigenvalue weighted by molar-refractivity contribution is 5.78. The van der Waals surface area contributed by atoms with E-state index < -0.39 is 23.5 Å². The maximum Gasteiger partial charge on any atom is 0.308 e. The zero-order valence-corrected chi connectivity index (χ0v) is 12.4. The van der Waals surface area contributed by atoms with Gasteiger partial charge in [-0.1, -0.05) is 26.7 Å². The molecular formula is C14H27NO4. The number of rotatable bonds is 9. The van der Waals surface area contributed by atoms with E-state index in [1.54, 1.807) is 13.8 Å². The summed E-state index contributed by atoms with van der Waals surface area (Å²) in [7, 11) is 0. The zero-order chi connectivity index (χ0) is 15.1. The molecule has 0 radical (unpaired) electrons. The topological polar surface area (TPSA) is 86.6 Å². The minimum Gasteiger partial charge on any atom is -0.481 e. The van der Waals surface area contributed by atoms with Gasteiger partial charge in [-0.2, -0.15) is 0 Å². The van der Waals surface area contributed by atoms with Crippen LogP contribution in [-0.2, 0) is 9.59 Å². The predicted octanol–water partition coefficient (Wildman–Crippen LogP) is 1.93. The second-order valence-corrected chi connectivity index (χ2v) is 5.38. The van der Waals surface area contributed by atoms with Crippen molar-refractivity contribution in [2.75, 3.05) is 0 Å². The standard InChI is InChI=1S/C14H27NO4/c1-5-7-14(19,8-6-2)9-12(16)15-11(4)10(3)13(17)18/h10-11,19H,5-9H2,1-4H3,(H,15,16)(H,17,18). The number of aliphatic hydroxyl groups is 1. The fourth-order valence-corrected chi connectivity index (χ4v) is 2.18. The van der Waals surface area contributed by atoms with Gasteiger partial charge >= 0.3 is 5.97 Å². The third-order valence-electron chi connectivity index (χ3n) is 3.45. The van der Waals surface area contributed by atoms with Gasteiger partial charge in [0, 0.05) is 6.04 Å². The first kappa shape index (κ1) is 17.9. The van der Waals surface area contributed by atoms with Crippen LogP contribution in [0.2, 0.25) is 0 Å². The Bertz CT molecular complexity index is 298. The SMILES string of the molecule is CCCC(O)(CCC)CC(=O)NC(C)C(C)C(=O)O. The molecule has 0 aliphatic carbocycles. The molecule has 0 aromatic heterocycles. The molecule has 0 aliphatic heterocycles. The molecule has 0 saturated heterocycles. The van der Waals surface area contributed by atoms with Gasteiger partial charge in [-0.15, -0.1) is 0 Å². The lowest BCUT2D eigenvalue weighted by atomic mass is 9.89. The van der Waals surface area contributed by atoms with Crippen LogP contribution in [0, 0.1) is 5.92 Å². The highest BCUT2D eigenvalue weighted by Crippen LogP contribution is 2.23. The fraction of sp³-hybridized carbons (Fsp3) is 0.857. The molecule has 0 bridgehead atoms. The van der Waals surface area contributed by atoms with Gasteiger partial charge in [0.25, 0.3) is 0 Å². The number of carbonyl (C=O) groups is 2. The lowest BCUT2D eigenvalue weighted by molar-refractivity contribution is -0.142. The summed E-state index contributed by atoms with van der Waals surface area (Å²) >= 11 is 0. The van der Waals surface area contributed by atoms with E-state index in [9.17, 15) is 14.7 Å². The number of nitrogens with one attached hydrogen (secondary N) is 1. The van der Waals surface area contributed by atoms with Gasteiger partial charge in [0.1, 0.15) is 0 Å². The maximum atomic E-state index is 11.9. The van der Waals surface area contributed by atoms with Crippen molar-refractivity contribution in [2.45, 2.75) is 71.4 Å². The van der Waals surface area contributed by atoms with Crippen LogP contribution < -0.4 is 5.32 Å². The van der Waals surface area contributed by atoms with Crippen LogP contribution in [0.5, 0.6) is 0 Å². The number of hydrogen-bond acceptors (Lipinski definition) is 3. The summed E-state index contributed by atoms with van der Waals surface area (Å²) in [5.74, 6) is -1.87. The first-order chi connectivity index (χ1) is 8.75. The van der Waals surface area contributed by atoms with Gasteiger partial charge in [0.05, 0.1) is 17.9 Å². The second-order valence-electron chi connectivity index (χ2n) is 5.38. The molecule has 112 valence electrons. The molecule has 0 aliphatic rings. The van der Waals surface area contributed by atoms with Gasteiger partial charge in [-0.3, -0.25) is 9.59 Å². The van der Waals surface area contributed by atoms with Gasteiger partial charge in [0.15, 0.2) is 0 Å². The molecule has 0 rings (SSSR count). The molecule has 3 N–H and O–H groups in total. The van der Waals surface area contributed by atoms with E-state index in [2.05, 4.69) is 5.32 Å². The van der Waals surface area contributed by atoms with Crippen molar-refractivity contribution in [1.29, 1.82) is 0 Å².